The standard InChI is InChI=1S/C13H10ClIN2O2/c1-19-11-4-2-8(14)6-10(11)13(18)17-12-5-3-9(15)7-16-12/h2-7H,1H3,(H,16,17,18). The van der Waals surface area contributed by atoms with E-state index < -0.39 is 0 Å². The average molecular weight is 389 g/mol. The number of carbonyl (C=O) groups is 1. The van der Waals surface area contributed by atoms with E-state index in [0.717, 1.165) is 3.57 Å². The lowest BCUT2D eigenvalue weighted by Gasteiger charge is -2.09. The maximum atomic E-state index is 12.1. The zero-order valence-electron chi connectivity index (χ0n) is 9.98. The van der Waals surface area contributed by atoms with Gasteiger partial charge in [0.05, 0.1) is 12.7 Å². The van der Waals surface area contributed by atoms with E-state index in [-0.39, 0.29) is 5.91 Å². The van der Waals surface area contributed by atoms with Gasteiger partial charge in [-0.3, -0.25) is 4.79 Å². The molecule has 1 aromatic heterocycles. The summed E-state index contributed by atoms with van der Waals surface area (Å²) in [5.74, 6) is 0.632. The molecule has 1 heterocycles. The minimum atomic E-state index is -0.312. The molecule has 0 aliphatic heterocycles. The van der Waals surface area contributed by atoms with Crippen LogP contribution < -0.4 is 10.1 Å². The fourth-order valence-corrected chi connectivity index (χ4v) is 1.98. The second-order valence-electron chi connectivity index (χ2n) is 3.66. The molecule has 98 valence electrons. The Morgan fingerprint density at radius 2 is 2.16 bits per heavy atom. The predicted octanol–water partition coefficient (Wildman–Crippen LogP) is 3.60. The van der Waals surface area contributed by atoms with E-state index >= 15 is 0 Å². The number of anilines is 1. The topological polar surface area (TPSA) is 51.2 Å². The summed E-state index contributed by atoms with van der Waals surface area (Å²) in [6.07, 6.45) is 1.67. The Morgan fingerprint density at radius 1 is 1.37 bits per heavy atom. The van der Waals surface area contributed by atoms with Crippen molar-refractivity contribution < 1.29 is 9.53 Å². The number of halogens is 2. The Kier molecular flexibility index (Phi) is 4.60. The largest absolute Gasteiger partial charge is 0.496 e. The number of hydrogen-bond donors (Lipinski definition) is 1. The molecule has 0 unspecified atom stereocenters. The molecule has 1 aromatic carbocycles. The number of hydrogen-bond acceptors (Lipinski definition) is 3. The van der Waals surface area contributed by atoms with Crippen molar-refractivity contribution >= 4 is 45.9 Å². The van der Waals surface area contributed by atoms with E-state index in [1.54, 1.807) is 30.5 Å². The average Bonchev–Trinajstić information content (AvgIpc) is 2.41. The van der Waals surface area contributed by atoms with E-state index in [0.29, 0.717) is 22.2 Å². The number of ether oxygens (including phenoxy) is 1. The molecule has 0 atom stereocenters. The molecular formula is C13H10ClIN2O2. The zero-order chi connectivity index (χ0) is 13.8. The summed E-state index contributed by atoms with van der Waals surface area (Å²) in [6.45, 7) is 0. The van der Waals surface area contributed by atoms with Gasteiger partial charge in [-0.05, 0) is 52.9 Å². The molecule has 19 heavy (non-hydrogen) atoms. The van der Waals surface area contributed by atoms with Crippen LogP contribution in [-0.4, -0.2) is 18.0 Å². The second kappa shape index (κ2) is 6.21. The fraction of sp³-hybridized carbons (Fsp3) is 0.0769. The summed E-state index contributed by atoms with van der Waals surface area (Å²) in [5, 5.41) is 3.17. The Bertz CT molecular complexity index is 602. The van der Waals surface area contributed by atoms with Crippen molar-refractivity contribution in [1.82, 2.24) is 4.98 Å². The normalized spacial score (nSPS) is 10.1. The molecule has 0 saturated carbocycles. The van der Waals surface area contributed by atoms with Crippen LogP contribution in [0.1, 0.15) is 10.4 Å². The first-order valence-electron chi connectivity index (χ1n) is 5.36. The number of methoxy groups -OCH3 is 1. The number of rotatable bonds is 3. The number of benzene rings is 1. The molecule has 0 fully saturated rings. The van der Waals surface area contributed by atoms with Crippen molar-refractivity contribution in [3.05, 3.63) is 50.7 Å². The zero-order valence-corrected chi connectivity index (χ0v) is 12.9. The summed E-state index contributed by atoms with van der Waals surface area (Å²) >= 11 is 8.03. The molecule has 0 bridgehead atoms. The third kappa shape index (κ3) is 3.57. The predicted molar refractivity (Wildman–Crippen MR) is 82.9 cm³/mol. The Balaban J connectivity index is 2.24. The van der Waals surface area contributed by atoms with E-state index in [1.807, 2.05) is 6.07 Å². The van der Waals surface area contributed by atoms with Crippen LogP contribution in [0.15, 0.2) is 36.5 Å². The first-order valence-corrected chi connectivity index (χ1v) is 6.82. The van der Waals surface area contributed by atoms with Gasteiger partial charge >= 0.3 is 0 Å². The maximum Gasteiger partial charge on any atom is 0.260 e. The SMILES string of the molecule is COc1ccc(Cl)cc1C(=O)Nc1ccc(I)cn1. The number of nitrogens with zero attached hydrogens (tertiary/aromatic N) is 1. The van der Waals surface area contributed by atoms with Gasteiger partial charge in [0.2, 0.25) is 0 Å². The van der Waals surface area contributed by atoms with Crippen molar-refractivity contribution in [2.45, 2.75) is 0 Å². The van der Waals surface area contributed by atoms with E-state index in [2.05, 4.69) is 32.9 Å². The molecule has 2 aromatic rings. The molecule has 0 saturated heterocycles. The smallest absolute Gasteiger partial charge is 0.260 e. The number of amides is 1. The molecule has 0 aliphatic carbocycles. The summed E-state index contributed by atoms with van der Waals surface area (Å²) in [5.41, 5.74) is 0.371. The Labute approximate surface area is 129 Å². The van der Waals surface area contributed by atoms with Gasteiger partial charge < -0.3 is 10.1 Å². The molecule has 1 amide bonds. The van der Waals surface area contributed by atoms with Crippen LogP contribution in [0, 0.1) is 3.57 Å². The maximum absolute atomic E-state index is 12.1. The molecule has 2 rings (SSSR count). The summed E-state index contributed by atoms with van der Waals surface area (Å²) in [4.78, 5) is 16.2. The van der Waals surface area contributed by atoms with Crippen molar-refractivity contribution in [3.63, 3.8) is 0 Å². The molecule has 0 aliphatic rings. The highest BCUT2D eigenvalue weighted by Crippen LogP contribution is 2.23. The van der Waals surface area contributed by atoms with Crippen molar-refractivity contribution in [1.29, 1.82) is 0 Å². The molecule has 6 heteroatoms. The van der Waals surface area contributed by atoms with Crippen LogP contribution in [0.3, 0.4) is 0 Å². The van der Waals surface area contributed by atoms with Gasteiger partial charge in [0.25, 0.3) is 5.91 Å². The van der Waals surface area contributed by atoms with Crippen LogP contribution >= 0.6 is 34.2 Å². The first-order chi connectivity index (χ1) is 9.10. The molecule has 1 N–H and O–H groups in total. The lowest BCUT2D eigenvalue weighted by molar-refractivity contribution is 0.102. The monoisotopic (exact) mass is 388 g/mol. The quantitative estimate of drug-likeness (QED) is 0.818. The van der Waals surface area contributed by atoms with Crippen LogP contribution in [0.25, 0.3) is 0 Å². The van der Waals surface area contributed by atoms with E-state index in [4.69, 9.17) is 16.3 Å². The number of carbonyl (C=O) groups excluding carboxylic acids is 1. The lowest BCUT2D eigenvalue weighted by atomic mass is 10.2. The number of nitrogens with one attached hydrogen (secondary N) is 1. The third-order valence-electron chi connectivity index (χ3n) is 2.38. The van der Waals surface area contributed by atoms with Crippen LogP contribution in [0.4, 0.5) is 5.82 Å². The Hall–Kier alpha value is -1.34. The minimum absolute atomic E-state index is 0.312. The number of aromatic nitrogens is 1. The van der Waals surface area contributed by atoms with Gasteiger partial charge in [-0.2, -0.15) is 0 Å². The molecule has 4 nitrogen and oxygen atoms in total. The fourth-order valence-electron chi connectivity index (χ4n) is 1.49. The van der Waals surface area contributed by atoms with Crippen LogP contribution in [0.5, 0.6) is 5.75 Å². The minimum Gasteiger partial charge on any atom is -0.496 e. The van der Waals surface area contributed by atoms with Gasteiger partial charge in [-0.1, -0.05) is 11.6 Å². The lowest BCUT2D eigenvalue weighted by Crippen LogP contribution is -2.14. The van der Waals surface area contributed by atoms with E-state index in [1.165, 1.54) is 7.11 Å². The van der Waals surface area contributed by atoms with Gasteiger partial charge in [0, 0.05) is 14.8 Å². The molecular weight excluding hydrogens is 379 g/mol. The van der Waals surface area contributed by atoms with Gasteiger partial charge in [0.1, 0.15) is 11.6 Å². The van der Waals surface area contributed by atoms with Crippen molar-refractivity contribution in [3.8, 4) is 5.75 Å². The third-order valence-corrected chi connectivity index (χ3v) is 3.25. The Morgan fingerprint density at radius 3 is 2.79 bits per heavy atom. The highest BCUT2D eigenvalue weighted by atomic mass is 127. The summed E-state index contributed by atoms with van der Waals surface area (Å²) in [6, 6.07) is 8.47. The summed E-state index contributed by atoms with van der Waals surface area (Å²) < 4.78 is 6.13. The first kappa shape index (κ1) is 14.1. The second-order valence-corrected chi connectivity index (χ2v) is 5.34. The van der Waals surface area contributed by atoms with Crippen LogP contribution in [-0.2, 0) is 0 Å². The molecule has 0 radical (unpaired) electrons. The summed E-state index contributed by atoms with van der Waals surface area (Å²) in [7, 11) is 1.50. The highest BCUT2D eigenvalue weighted by molar-refractivity contribution is 14.1. The van der Waals surface area contributed by atoms with Crippen molar-refractivity contribution in [2.24, 2.45) is 0 Å². The van der Waals surface area contributed by atoms with Crippen LogP contribution in [0.2, 0.25) is 5.02 Å². The van der Waals surface area contributed by atoms with Gasteiger partial charge in [0.15, 0.2) is 0 Å². The van der Waals surface area contributed by atoms with E-state index in [9.17, 15) is 4.79 Å². The van der Waals surface area contributed by atoms with Gasteiger partial charge in [-0.25, -0.2) is 4.98 Å². The molecule has 0 spiro atoms. The van der Waals surface area contributed by atoms with Gasteiger partial charge in [-0.15, -0.1) is 0 Å². The number of pyridine rings is 1. The highest BCUT2D eigenvalue weighted by Gasteiger charge is 2.13. The van der Waals surface area contributed by atoms with Crippen molar-refractivity contribution in [2.75, 3.05) is 12.4 Å².